The van der Waals surface area contributed by atoms with Crippen molar-refractivity contribution in [2.24, 2.45) is 0 Å². The van der Waals surface area contributed by atoms with Crippen LogP contribution in [0.4, 0.5) is 4.39 Å². The summed E-state index contributed by atoms with van der Waals surface area (Å²) in [6.45, 7) is 2.72. The summed E-state index contributed by atoms with van der Waals surface area (Å²) in [5.74, 6) is 0.454. The Bertz CT molecular complexity index is 726. The van der Waals surface area contributed by atoms with Gasteiger partial charge in [0.05, 0.1) is 11.8 Å². The van der Waals surface area contributed by atoms with E-state index in [0.717, 1.165) is 37.5 Å². The van der Waals surface area contributed by atoms with Crippen molar-refractivity contribution in [3.63, 3.8) is 0 Å². The molecule has 0 bridgehead atoms. The predicted molar refractivity (Wildman–Crippen MR) is 98.5 cm³/mol. The van der Waals surface area contributed by atoms with Crippen LogP contribution in [0.15, 0.2) is 42.6 Å². The van der Waals surface area contributed by atoms with Gasteiger partial charge in [0.2, 0.25) is 0 Å². The minimum Gasteiger partial charge on any atom is -0.489 e. The third-order valence-electron chi connectivity index (χ3n) is 4.49. The van der Waals surface area contributed by atoms with Gasteiger partial charge in [-0.3, -0.25) is 9.88 Å². The number of ether oxygens (including phenoxy) is 1. The predicted octanol–water partition coefficient (Wildman–Crippen LogP) is 2.47. The lowest BCUT2D eigenvalue weighted by Gasteiger charge is -2.21. The van der Waals surface area contributed by atoms with Gasteiger partial charge >= 0.3 is 0 Å². The molecule has 1 aliphatic rings. The second kappa shape index (κ2) is 8.58. The highest BCUT2D eigenvalue weighted by Crippen LogP contribution is 2.23. The molecule has 2 aromatic rings. The first kappa shape index (κ1) is 18.8. The van der Waals surface area contributed by atoms with E-state index >= 15 is 0 Å². The van der Waals surface area contributed by atoms with Gasteiger partial charge in [-0.05, 0) is 32.6 Å². The van der Waals surface area contributed by atoms with E-state index in [2.05, 4.69) is 14.8 Å². The monoisotopic (exact) mass is 359 g/mol. The van der Waals surface area contributed by atoms with Crippen molar-refractivity contribution in [3.8, 4) is 5.75 Å². The van der Waals surface area contributed by atoms with Gasteiger partial charge in [-0.25, -0.2) is 4.39 Å². The number of aromatic nitrogens is 1. The standard InChI is InChI=1S/C20H26FN3O2/c1-23(2)12-15-11-16(7-9-22-15)26-17-8-10-24(13-17)14-20(25)18-5-3-4-6-19(18)21/h3-7,9,11,17,20,25H,8,10,12-14H2,1-2H3. The van der Waals surface area contributed by atoms with Gasteiger partial charge in [0.1, 0.15) is 17.7 Å². The maximum Gasteiger partial charge on any atom is 0.129 e. The van der Waals surface area contributed by atoms with Gasteiger partial charge in [0, 0.05) is 44.0 Å². The first-order valence-electron chi connectivity index (χ1n) is 8.92. The molecular weight excluding hydrogens is 333 g/mol. The molecule has 0 amide bonds. The Morgan fingerprint density at radius 1 is 1.35 bits per heavy atom. The number of rotatable bonds is 7. The molecule has 1 aliphatic heterocycles. The molecule has 6 heteroatoms. The van der Waals surface area contributed by atoms with Crippen LogP contribution in [0.3, 0.4) is 0 Å². The largest absolute Gasteiger partial charge is 0.489 e. The Labute approximate surface area is 154 Å². The van der Waals surface area contributed by atoms with E-state index in [1.54, 1.807) is 24.4 Å². The third kappa shape index (κ3) is 5.00. The Balaban J connectivity index is 1.53. The van der Waals surface area contributed by atoms with Crippen molar-refractivity contribution in [1.82, 2.24) is 14.8 Å². The summed E-state index contributed by atoms with van der Waals surface area (Å²) in [5, 5.41) is 10.3. The lowest BCUT2D eigenvalue weighted by Crippen LogP contribution is -2.29. The molecule has 2 atom stereocenters. The van der Waals surface area contributed by atoms with Crippen LogP contribution in [0.1, 0.15) is 23.8 Å². The van der Waals surface area contributed by atoms with Crippen molar-refractivity contribution in [3.05, 3.63) is 59.7 Å². The molecule has 26 heavy (non-hydrogen) atoms. The van der Waals surface area contributed by atoms with Gasteiger partial charge in [0.15, 0.2) is 0 Å². The minimum atomic E-state index is -0.831. The number of aliphatic hydroxyl groups is 1. The summed E-state index contributed by atoms with van der Waals surface area (Å²) in [4.78, 5) is 8.53. The highest BCUT2D eigenvalue weighted by atomic mass is 19.1. The summed E-state index contributed by atoms with van der Waals surface area (Å²) in [6, 6.07) is 10.2. The van der Waals surface area contributed by atoms with Gasteiger partial charge in [-0.2, -0.15) is 0 Å². The molecule has 1 fully saturated rings. The Hall–Kier alpha value is -2.02. The second-order valence-electron chi connectivity index (χ2n) is 7.05. The number of pyridine rings is 1. The number of hydrogen-bond donors (Lipinski definition) is 1. The summed E-state index contributed by atoms with van der Waals surface area (Å²) in [6.07, 6.45) is 1.89. The number of aliphatic hydroxyl groups excluding tert-OH is 1. The lowest BCUT2D eigenvalue weighted by atomic mass is 10.1. The van der Waals surface area contributed by atoms with E-state index in [4.69, 9.17) is 4.74 Å². The Morgan fingerprint density at radius 2 is 2.15 bits per heavy atom. The molecule has 1 aromatic heterocycles. The summed E-state index contributed by atoms with van der Waals surface area (Å²) >= 11 is 0. The molecule has 1 aromatic carbocycles. The molecular formula is C20H26FN3O2. The first-order valence-corrected chi connectivity index (χ1v) is 8.92. The smallest absolute Gasteiger partial charge is 0.129 e. The molecule has 3 rings (SSSR count). The maximum absolute atomic E-state index is 13.8. The zero-order valence-electron chi connectivity index (χ0n) is 15.3. The van der Waals surface area contributed by atoms with Crippen molar-refractivity contribution in [2.75, 3.05) is 33.7 Å². The van der Waals surface area contributed by atoms with Crippen molar-refractivity contribution in [2.45, 2.75) is 25.2 Å². The van der Waals surface area contributed by atoms with Crippen LogP contribution < -0.4 is 4.74 Å². The average molecular weight is 359 g/mol. The zero-order chi connectivity index (χ0) is 18.5. The van der Waals surface area contributed by atoms with E-state index < -0.39 is 6.10 Å². The molecule has 140 valence electrons. The summed E-state index contributed by atoms with van der Waals surface area (Å²) in [5.41, 5.74) is 1.32. The molecule has 2 heterocycles. The third-order valence-corrected chi connectivity index (χ3v) is 4.49. The van der Waals surface area contributed by atoms with Crippen LogP contribution in [0.2, 0.25) is 0 Å². The second-order valence-corrected chi connectivity index (χ2v) is 7.05. The van der Waals surface area contributed by atoms with Gasteiger partial charge in [-0.1, -0.05) is 18.2 Å². The zero-order valence-corrected chi connectivity index (χ0v) is 15.3. The number of nitrogens with zero attached hydrogens (tertiary/aromatic N) is 3. The van der Waals surface area contributed by atoms with Crippen molar-refractivity contribution in [1.29, 1.82) is 0 Å². The molecule has 1 saturated heterocycles. The molecule has 0 spiro atoms. The summed E-state index contributed by atoms with van der Waals surface area (Å²) in [7, 11) is 4.01. The average Bonchev–Trinajstić information content (AvgIpc) is 3.01. The van der Waals surface area contributed by atoms with Crippen LogP contribution in [0, 0.1) is 5.82 Å². The maximum atomic E-state index is 13.8. The van der Waals surface area contributed by atoms with Crippen LogP contribution in [0.5, 0.6) is 5.75 Å². The number of likely N-dealkylation sites (tertiary alicyclic amines) is 1. The minimum absolute atomic E-state index is 0.0671. The fraction of sp³-hybridized carbons (Fsp3) is 0.450. The van der Waals surface area contributed by atoms with Crippen molar-refractivity contribution < 1.29 is 14.2 Å². The lowest BCUT2D eigenvalue weighted by molar-refractivity contribution is 0.114. The van der Waals surface area contributed by atoms with E-state index in [-0.39, 0.29) is 11.9 Å². The van der Waals surface area contributed by atoms with E-state index in [0.29, 0.717) is 12.1 Å². The number of benzene rings is 1. The Morgan fingerprint density at radius 3 is 2.92 bits per heavy atom. The molecule has 5 nitrogen and oxygen atoms in total. The topological polar surface area (TPSA) is 48.8 Å². The van der Waals surface area contributed by atoms with E-state index in [1.807, 2.05) is 26.2 Å². The fourth-order valence-corrected chi connectivity index (χ4v) is 3.28. The van der Waals surface area contributed by atoms with Gasteiger partial charge in [-0.15, -0.1) is 0 Å². The van der Waals surface area contributed by atoms with Crippen LogP contribution in [-0.2, 0) is 6.54 Å². The quantitative estimate of drug-likeness (QED) is 0.823. The van der Waals surface area contributed by atoms with Crippen LogP contribution >= 0.6 is 0 Å². The molecule has 0 saturated carbocycles. The number of β-amino-alcohol motifs (C(OH)–C–C–N with tert-alkyl or cyclic N) is 1. The molecule has 0 aliphatic carbocycles. The Kier molecular flexibility index (Phi) is 6.19. The summed E-state index contributed by atoms with van der Waals surface area (Å²) < 4.78 is 19.9. The van der Waals surface area contributed by atoms with Gasteiger partial charge in [0.25, 0.3) is 0 Å². The van der Waals surface area contributed by atoms with Crippen LogP contribution in [0.25, 0.3) is 0 Å². The van der Waals surface area contributed by atoms with Crippen LogP contribution in [-0.4, -0.2) is 59.7 Å². The number of hydrogen-bond acceptors (Lipinski definition) is 5. The molecule has 2 unspecified atom stereocenters. The van der Waals surface area contributed by atoms with E-state index in [9.17, 15) is 9.50 Å². The molecule has 0 radical (unpaired) electrons. The SMILES string of the molecule is CN(C)Cc1cc(OC2CCN(CC(O)c3ccccc3F)C2)ccn1. The number of halogens is 1. The highest BCUT2D eigenvalue weighted by Gasteiger charge is 2.26. The highest BCUT2D eigenvalue weighted by molar-refractivity contribution is 5.23. The normalized spacial score (nSPS) is 19.0. The van der Waals surface area contributed by atoms with Crippen molar-refractivity contribution >= 4 is 0 Å². The van der Waals surface area contributed by atoms with E-state index in [1.165, 1.54) is 6.07 Å². The molecule has 1 N–H and O–H groups in total. The van der Waals surface area contributed by atoms with Gasteiger partial charge < -0.3 is 14.7 Å². The fourth-order valence-electron chi connectivity index (χ4n) is 3.28. The first-order chi connectivity index (χ1) is 12.5.